The van der Waals surface area contributed by atoms with Gasteiger partial charge in [0.2, 0.25) is 5.91 Å². The van der Waals surface area contributed by atoms with Gasteiger partial charge in [-0.3, -0.25) is 9.69 Å². The molecule has 0 atom stereocenters. The fraction of sp³-hybridized carbons (Fsp3) is 0.533. The summed E-state index contributed by atoms with van der Waals surface area (Å²) in [7, 11) is 1.97. The SMILES string of the molecule is CN(CC(=O)Nc1ccc(SC(F)F)cc1)C1CCCC1. The Kier molecular flexibility index (Phi) is 5.99. The van der Waals surface area contributed by atoms with Gasteiger partial charge in [0.1, 0.15) is 0 Å². The Bertz CT molecular complexity index is 461. The number of anilines is 1. The largest absolute Gasteiger partial charge is 0.325 e. The van der Waals surface area contributed by atoms with E-state index in [0.717, 1.165) is 12.8 Å². The Labute approximate surface area is 128 Å². The van der Waals surface area contributed by atoms with Crippen LogP contribution < -0.4 is 5.32 Å². The number of nitrogens with one attached hydrogen (secondary N) is 1. The van der Waals surface area contributed by atoms with Gasteiger partial charge in [0, 0.05) is 16.6 Å². The summed E-state index contributed by atoms with van der Waals surface area (Å²) in [6.45, 7) is 0.359. The van der Waals surface area contributed by atoms with Crippen LogP contribution in [0.15, 0.2) is 29.2 Å². The number of nitrogens with zero attached hydrogens (tertiary/aromatic N) is 1. The summed E-state index contributed by atoms with van der Waals surface area (Å²) in [6, 6.07) is 6.98. The number of thioether (sulfide) groups is 1. The molecule has 116 valence electrons. The first-order valence-corrected chi connectivity index (χ1v) is 7.97. The quantitative estimate of drug-likeness (QED) is 0.810. The van der Waals surface area contributed by atoms with Gasteiger partial charge in [0.05, 0.1) is 6.54 Å². The lowest BCUT2D eigenvalue weighted by Crippen LogP contribution is -2.36. The predicted octanol–water partition coefficient (Wildman–Crippen LogP) is 3.81. The number of rotatable bonds is 6. The molecular weight excluding hydrogens is 294 g/mol. The topological polar surface area (TPSA) is 32.3 Å². The van der Waals surface area contributed by atoms with E-state index in [9.17, 15) is 13.6 Å². The van der Waals surface area contributed by atoms with Crippen molar-refractivity contribution in [2.75, 3.05) is 18.9 Å². The number of benzene rings is 1. The van der Waals surface area contributed by atoms with Crippen LogP contribution >= 0.6 is 11.8 Å². The average Bonchev–Trinajstić information content (AvgIpc) is 2.94. The molecule has 2 rings (SSSR count). The summed E-state index contributed by atoms with van der Waals surface area (Å²) in [5.74, 6) is -2.50. The molecule has 1 aliphatic carbocycles. The number of carbonyl (C=O) groups excluding carboxylic acids is 1. The third-order valence-electron chi connectivity index (χ3n) is 3.70. The highest BCUT2D eigenvalue weighted by atomic mass is 32.2. The summed E-state index contributed by atoms with van der Waals surface area (Å²) < 4.78 is 24.4. The number of carbonyl (C=O) groups is 1. The van der Waals surface area contributed by atoms with Gasteiger partial charge in [-0.2, -0.15) is 8.78 Å². The number of amides is 1. The molecule has 3 nitrogen and oxygen atoms in total. The van der Waals surface area contributed by atoms with Crippen LogP contribution in [-0.2, 0) is 4.79 Å². The van der Waals surface area contributed by atoms with Crippen molar-refractivity contribution in [1.82, 2.24) is 4.90 Å². The zero-order valence-corrected chi connectivity index (χ0v) is 12.8. The molecule has 0 aromatic heterocycles. The second-order valence-corrected chi connectivity index (χ2v) is 6.37. The van der Waals surface area contributed by atoms with Gasteiger partial charge in [0.15, 0.2) is 0 Å². The zero-order valence-electron chi connectivity index (χ0n) is 12.0. The second-order valence-electron chi connectivity index (χ2n) is 5.30. The molecule has 0 aliphatic heterocycles. The molecule has 1 saturated carbocycles. The first-order chi connectivity index (χ1) is 10.0. The standard InChI is InChI=1S/C15H20F2N2OS/c1-19(12-4-2-3-5-12)10-14(20)18-11-6-8-13(9-7-11)21-15(16)17/h6-9,12,15H,2-5,10H2,1H3,(H,18,20). The molecule has 0 radical (unpaired) electrons. The molecule has 21 heavy (non-hydrogen) atoms. The average molecular weight is 314 g/mol. The van der Waals surface area contributed by atoms with E-state index >= 15 is 0 Å². The third kappa shape index (κ3) is 5.28. The predicted molar refractivity (Wildman–Crippen MR) is 81.8 cm³/mol. The van der Waals surface area contributed by atoms with Crippen LogP contribution in [0, 0.1) is 0 Å². The maximum Gasteiger partial charge on any atom is 0.288 e. The molecule has 0 spiro atoms. The Morgan fingerprint density at radius 3 is 2.52 bits per heavy atom. The van der Waals surface area contributed by atoms with Crippen molar-refractivity contribution < 1.29 is 13.6 Å². The molecule has 0 bridgehead atoms. The highest BCUT2D eigenvalue weighted by Gasteiger charge is 2.21. The smallest absolute Gasteiger partial charge is 0.288 e. The molecule has 1 fully saturated rings. The fourth-order valence-electron chi connectivity index (χ4n) is 2.62. The van der Waals surface area contributed by atoms with Crippen LogP contribution in [0.4, 0.5) is 14.5 Å². The van der Waals surface area contributed by atoms with Crippen molar-refractivity contribution in [2.45, 2.75) is 42.4 Å². The number of hydrogen-bond acceptors (Lipinski definition) is 3. The van der Waals surface area contributed by atoms with Gasteiger partial charge in [-0.1, -0.05) is 24.6 Å². The second kappa shape index (κ2) is 7.75. The molecule has 6 heteroatoms. The van der Waals surface area contributed by atoms with Gasteiger partial charge in [-0.15, -0.1) is 0 Å². The van der Waals surface area contributed by atoms with Crippen molar-refractivity contribution in [3.05, 3.63) is 24.3 Å². The van der Waals surface area contributed by atoms with E-state index < -0.39 is 5.76 Å². The van der Waals surface area contributed by atoms with E-state index in [0.29, 0.717) is 34.9 Å². The molecule has 0 heterocycles. The zero-order chi connectivity index (χ0) is 15.2. The molecule has 0 saturated heterocycles. The molecule has 1 aliphatic rings. The Morgan fingerprint density at radius 1 is 1.33 bits per heavy atom. The normalized spacial score (nSPS) is 15.9. The summed E-state index contributed by atoms with van der Waals surface area (Å²) in [5, 5.41) is 2.80. The van der Waals surface area contributed by atoms with E-state index in [4.69, 9.17) is 0 Å². The van der Waals surface area contributed by atoms with Crippen molar-refractivity contribution in [2.24, 2.45) is 0 Å². The van der Waals surface area contributed by atoms with Gasteiger partial charge in [-0.25, -0.2) is 0 Å². The van der Waals surface area contributed by atoms with Crippen LogP contribution in [-0.4, -0.2) is 36.2 Å². The maximum absolute atomic E-state index is 12.2. The number of alkyl halides is 2. The van der Waals surface area contributed by atoms with E-state index in [1.165, 1.54) is 12.8 Å². The van der Waals surface area contributed by atoms with Crippen molar-refractivity contribution in [3.63, 3.8) is 0 Å². The van der Waals surface area contributed by atoms with Gasteiger partial charge < -0.3 is 5.32 Å². The molecule has 0 unspecified atom stereocenters. The first-order valence-electron chi connectivity index (χ1n) is 7.09. The van der Waals surface area contributed by atoms with Crippen LogP contribution in [0.25, 0.3) is 0 Å². The molecule has 1 aromatic rings. The molecule has 1 aromatic carbocycles. The maximum atomic E-state index is 12.2. The highest BCUT2D eigenvalue weighted by Crippen LogP contribution is 2.26. The lowest BCUT2D eigenvalue weighted by Gasteiger charge is -2.23. The Balaban J connectivity index is 1.81. The lowest BCUT2D eigenvalue weighted by molar-refractivity contribution is -0.117. The van der Waals surface area contributed by atoms with E-state index in [1.807, 2.05) is 7.05 Å². The first kappa shape index (κ1) is 16.2. The van der Waals surface area contributed by atoms with Crippen LogP contribution in [0.1, 0.15) is 25.7 Å². The molecule has 1 N–H and O–H groups in total. The third-order valence-corrected chi connectivity index (χ3v) is 4.43. The van der Waals surface area contributed by atoms with Crippen molar-refractivity contribution >= 4 is 23.4 Å². The minimum atomic E-state index is -2.43. The highest BCUT2D eigenvalue weighted by molar-refractivity contribution is 7.99. The number of hydrogen-bond donors (Lipinski definition) is 1. The van der Waals surface area contributed by atoms with Crippen LogP contribution in [0.3, 0.4) is 0 Å². The summed E-state index contributed by atoms with van der Waals surface area (Å²) >= 11 is 0.499. The Hall–Kier alpha value is -1.14. The fourth-order valence-corrected chi connectivity index (χ4v) is 3.12. The summed E-state index contributed by atoms with van der Waals surface area (Å²) in [5.41, 5.74) is 0.637. The van der Waals surface area contributed by atoms with Gasteiger partial charge in [0.25, 0.3) is 5.76 Å². The lowest BCUT2D eigenvalue weighted by atomic mass is 10.2. The van der Waals surface area contributed by atoms with Gasteiger partial charge >= 0.3 is 0 Å². The van der Waals surface area contributed by atoms with Gasteiger partial charge in [-0.05, 0) is 44.2 Å². The van der Waals surface area contributed by atoms with E-state index in [-0.39, 0.29) is 5.91 Å². The van der Waals surface area contributed by atoms with E-state index in [2.05, 4.69) is 10.2 Å². The molecule has 1 amide bonds. The monoisotopic (exact) mass is 314 g/mol. The minimum absolute atomic E-state index is 0.0707. The number of halogens is 2. The summed E-state index contributed by atoms with van der Waals surface area (Å²) in [6.07, 6.45) is 4.78. The minimum Gasteiger partial charge on any atom is -0.325 e. The van der Waals surface area contributed by atoms with Crippen molar-refractivity contribution in [3.8, 4) is 0 Å². The van der Waals surface area contributed by atoms with E-state index in [1.54, 1.807) is 24.3 Å². The van der Waals surface area contributed by atoms with Crippen LogP contribution in [0.2, 0.25) is 0 Å². The Morgan fingerprint density at radius 2 is 1.95 bits per heavy atom. The number of likely N-dealkylation sites (N-methyl/N-ethyl adjacent to an activating group) is 1. The van der Waals surface area contributed by atoms with Crippen LogP contribution in [0.5, 0.6) is 0 Å². The molecular formula is C15H20F2N2OS. The summed E-state index contributed by atoms with van der Waals surface area (Å²) in [4.78, 5) is 14.5. The van der Waals surface area contributed by atoms with Crippen molar-refractivity contribution in [1.29, 1.82) is 0 Å².